The summed E-state index contributed by atoms with van der Waals surface area (Å²) in [7, 11) is 0. The van der Waals surface area contributed by atoms with E-state index in [1.807, 2.05) is 42.5 Å². The first-order valence-corrected chi connectivity index (χ1v) is 12.7. The molecule has 0 spiro atoms. The van der Waals surface area contributed by atoms with Crippen LogP contribution in [0.1, 0.15) is 44.2 Å². The van der Waals surface area contributed by atoms with Crippen molar-refractivity contribution in [1.29, 1.82) is 0 Å². The summed E-state index contributed by atoms with van der Waals surface area (Å²) in [5, 5.41) is 13.4. The van der Waals surface area contributed by atoms with Crippen molar-refractivity contribution < 1.29 is 4.74 Å². The van der Waals surface area contributed by atoms with Gasteiger partial charge in [-0.25, -0.2) is 4.98 Å². The minimum absolute atomic E-state index is 0.303. The number of hydrogen-bond acceptors (Lipinski definition) is 7. The fraction of sp³-hybridized carbons (Fsp3) is 0.304. The Bertz CT molecular complexity index is 1140. The molecule has 0 atom stereocenters. The fourth-order valence-electron chi connectivity index (χ4n) is 3.35. The molecule has 0 fully saturated rings. The van der Waals surface area contributed by atoms with Gasteiger partial charge < -0.3 is 9.30 Å². The smallest absolute Gasteiger partial charge is 0.191 e. The number of halogens is 1. The standard InChI is InChI=1S/C23H24ClN5OS2/c1-3-17(4-2)29-21(13-30-20-11-6-5-9-18(20)24)27-28-23(29)32-15-16-14-31-22(26-16)19-10-7-8-12-25-19/h5-12,14,17H,3-4,13,15H2,1-2H3. The average Bonchev–Trinajstić information content (AvgIpc) is 3.46. The van der Waals surface area contributed by atoms with E-state index in [2.05, 4.69) is 39.0 Å². The van der Waals surface area contributed by atoms with E-state index < -0.39 is 0 Å². The van der Waals surface area contributed by atoms with E-state index in [0.717, 1.165) is 40.2 Å². The van der Waals surface area contributed by atoms with Crippen LogP contribution in [0.15, 0.2) is 59.2 Å². The number of aromatic nitrogens is 5. The molecule has 0 saturated heterocycles. The largest absolute Gasteiger partial charge is 0.484 e. The quantitative estimate of drug-likeness (QED) is 0.233. The highest BCUT2D eigenvalue weighted by atomic mass is 35.5. The van der Waals surface area contributed by atoms with Crippen molar-refractivity contribution in [2.45, 2.75) is 50.2 Å². The van der Waals surface area contributed by atoms with E-state index in [9.17, 15) is 0 Å². The lowest BCUT2D eigenvalue weighted by atomic mass is 10.2. The van der Waals surface area contributed by atoms with Crippen LogP contribution in [0, 0.1) is 0 Å². The maximum Gasteiger partial charge on any atom is 0.191 e. The van der Waals surface area contributed by atoms with E-state index in [1.54, 1.807) is 29.3 Å². The highest BCUT2D eigenvalue weighted by Gasteiger charge is 2.20. The topological polar surface area (TPSA) is 65.7 Å². The molecule has 1 aromatic carbocycles. The van der Waals surface area contributed by atoms with Crippen LogP contribution in [0.2, 0.25) is 5.02 Å². The number of benzene rings is 1. The van der Waals surface area contributed by atoms with Crippen molar-refractivity contribution in [3.63, 3.8) is 0 Å². The predicted octanol–water partition coefficient (Wildman–Crippen LogP) is 6.68. The number of hydrogen-bond donors (Lipinski definition) is 0. The molecule has 0 saturated carbocycles. The molecule has 0 aliphatic heterocycles. The summed E-state index contributed by atoms with van der Waals surface area (Å²) in [5.41, 5.74) is 1.90. The zero-order valence-corrected chi connectivity index (χ0v) is 20.3. The SMILES string of the molecule is CCC(CC)n1c(COc2ccccc2Cl)nnc1SCc1csc(-c2ccccn2)n1. The summed E-state index contributed by atoms with van der Waals surface area (Å²) in [4.78, 5) is 9.13. The van der Waals surface area contributed by atoms with Gasteiger partial charge in [0.25, 0.3) is 0 Å². The van der Waals surface area contributed by atoms with E-state index in [1.165, 1.54) is 0 Å². The van der Waals surface area contributed by atoms with Crippen LogP contribution >= 0.6 is 34.7 Å². The van der Waals surface area contributed by atoms with Crippen LogP contribution < -0.4 is 4.74 Å². The lowest BCUT2D eigenvalue weighted by Gasteiger charge is -2.19. The first-order chi connectivity index (χ1) is 15.7. The van der Waals surface area contributed by atoms with E-state index in [0.29, 0.717) is 29.2 Å². The second kappa shape index (κ2) is 10.9. The molecule has 0 N–H and O–H groups in total. The molecule has 4 aromatic rings. The average molecular weight is 486 g/mol. The Labute approximate surface area is 201 Å². The molecule has 9 heteroatoms. The van der Waals surface area contributed by atoms with Crippen LogP contribution in [0.25, 0.3) is 10.7 Å². The molecule has 0 aliphatic rings. The Morgan fingerprint density at radius 1 is 1.09 bits per heavy atom. The van der Waals surface area contributed by atoms with Gasteiger partial charge in [0, 0.05) is 23.4 Å². The van der Waals surface area contributed by atoms with Gasteiger partial charge in [0.05, 0.1) is 16.4 Å². The van der Waals surface area contributed by atoms with Gasteiger partial charge in [0.15, 0.2) is 11.0 Å². The number of nitrogens with zero attached hydrogens (tertiary/aromatic N) is 5. The van der Waals surface area contributed by atoms with Crippen LogP contribution in [-0.2, 0) is 12.4 Å². The summed E-state index contributed by atoms with van der Waals surface area (Å²) in [6.07, 6.45) is 3.76. The predicted molar refractivity (Wildman–Crippen MR) is 130 cm³/mol. The highest BCUT2D eigenvalue weighted by molar-refractivity contribution is 7.98. The van der Waals surface area contributed by atoms with E-state index >= 15 is 0 Å². The Hall–Kier alpha value is -2.42. The molecule has 4 rings (SSSR count). The molecule has 0 amide bonds. The minimum Gasteiger partial charge on any atom is -0.484 e. The van der Waals surface area contributed by atoms with Crippen LogP contribution in [0.5, 0.6) is 5.75 Å². The second-order valence-corrected chi connectivity index (χ2v) is 9.31. The van der Waals surface area contributed by atoms with Gasteiger partial charge in [-0.3, -0.25) is 4.98 Å². The van der Waals surface area contributed by atoms with Crippen molar-refractivity contribution in [2.24, 2.45) is 0 Å². The number of thioether (sulfide) groups is 1. The maximum absolute atomic E-state index is 6.23. The fourth-order valence-corrected chi connectivity index (χ4v) is 5.36. The zero-order chi connectivity index (χ0) is 22.3. The van der Waals surface area contributed by atoms with Gasteiger partial charge >= 0.3 is 0 Å². The first-order valence-electron chi connectivity index (χ1n) is 10.5. The normalized spacial score (nSPS) is 11.2. The third kappa shape index (κ3) is 5.31. The van der Waals surface area contributed by atoms with Crippen molar-refractivity contribution in [3.05, 3.63) is 70.6 Å². The Morgan fingerprint density at radius 2 is 1.91 bits per heavy atom. The molecule has 0 radical (unpaired) electrons. The molecule has 32 heavy (non-hydrogen) atoms. The van der Waals surface area contributed by atoms with Gasteiger partial charge in [-0.05, 0) is 37.1 Å². The van der Waals surface area contributed by atoms with Crippen LogP contribution in [0.4, 0.5) is 0 Å². The van der Waals surface area contributed by atoms with Crippen molar-refractivity contribution in [1.82, 2.24) is 24.7 Å². The summed E-state index contributed by atoms with van der Waals surface area (Å²) in [6.45, 7) is 4.68. The summed E-state index contributed by atoms with van der Waals surface area (Å²) >= 11 is 9.49. The van der Waals surface area contributed by atoms with Crippen LogP contribution in [0.3, 0.4) is 0 Å². The van der Waals surface area contributed by atoms with Gasteiger partial charge in [-0.1, -0.05) is 55.4 Å². The number of para-hydroxylation sites is 1. The highest BCUT2D eigenvalue weighted by Crippen LogP contribution is 2.31. The van der Waals surface area contributed by atoms with Gasteiger partial charge in [-0.15, -0.1) is 21.5 Å². The van der Waals surface area contributed by atoms with Crippen molar-refractivity contribution in [3.8, 4) is 16.5 Å². The summed E-state index contributed by atoms with van der Waals surface area (Å²) in [5.74, 6) is 2.16. The number of rotatable bonds is 10. The molecular formula is C23H24ClN5OS2. The Kier molecular flexibility index (Phi) is 7.78. The van der Waals surface area contributed by atoms with Gasteiger partial charge in [0.2, 0.25) is 0 Å². The molecule has 3 aromatic heterocycles. The Balaban J connectivity index is 1.49. The first kappa shape index (κ1) is 22.8. The number of pyridine rings is 1. The van der Waals surface area contributed by atoms with E-state index in [-0.39, 0.29) is 0 Å². The van der Waals surface area contributed by atoms with Gasteiger partial charge in [-0.2, -0.15) is 0 Å². The maximum atomic E-state index is 6.23. The Morgan fingerprint density at radius 3 is 2.66 bits per heavy atom. The third-order valence-electron chi connectivity index (χ3n) is 5.02. The molecule has 0 aliphatic carbocycles. The third-order valence-corrected chi connectivity index (χ3v) is 7.22. The zero-order valence-electron chi connectivity index (χ0n) is 17.9. The lowest BCUT2D eigenvalue weighted by Crippen LogP contribution is -2.14. The van der Waals surface area contributed by atoms with Crippen molar-refractivity contribution >= 4 is 34.7 Å². The second-order valence-electron chi connectivity index (χ2n) is 7.11. The summed E-state index contributed by atoms with van der Waals surface area (Å²) < 4.78 is 8.15. The minimum atomic E-state index is 0.303. The van der Waals surface area contributed by atoms with Crippen LogP contribution in [-0.4, -0.2) is 24.7 Å². The molecule has 3 heterocycles. The molecule has 0 unspecified atom stereocenters. The number of ether oxygens (including phenoxy) is 1. The van der Waals surface area contributed by atoms with Crippen molar-refractivity contribution in [2.75, 3.05) is 0 Å². The summed E-state index contributed by atoms with van der Waals surface area (Å²) in [6, 6.07) is 13.6. The van der Waals surface area contributed by atoms with E-state index in [4.69, 9.17) is 21.3 Å². The van der Waals surface area contributed by atoms with Gasteiger partial charge in [0.1, 0.15) is 17.4 Å². The molecule has 0 bridgehead atoms. The number of thiazole rings is 1. The monoisotopic (exact) mass is 485 g/mol. The molecular weight excluding hydrogens is 462 g/mol. The lowest BCUT2D eigenvalue weighted by molar-refractivity contribution is 0.278. The molecule has 166 valence electrons. The molecule has 6 nitrogen and oxygen atoms in total.